The number of fused-ring (bicyclic) bond motifs is 1. The van der Waals surface area contributed by atoms with Crippen LogP contribution in [0.5, 0.6) is 5.75 Å². The molecule has 50 heavy (non-hydrogen) atoms. The fourth-order valence-corrected chi connectivity index (χ4v) is 8.43. The van der Waals surface area contributed by atoms with Crippen LogP contribution in [0.4, 0.5) is 4.79 Å². The summed E-state index contributed by atoms with van der Waals surface area (Å²) in [4.78, 5) is 60.8. The molecule has 2 aromatic rings. The van der Waals surface area contributed by atoms with Crippen LogP contribution in [0, 0.1) is 11.3 Å². The number of amides is 4. The van der Waals surface area contributed by atoms with Gasteiger partial charge in [-0.2, -0.15) is 0 Å². The van der Waals surface area contributed by atoms with Crippen molar-refractivity contribution in [2.24, 2.45) is 11.3 Å². The Morgan fingerprint density at radius 1 is 1.10 bits per heavy atom. The number of benzene rings is 1. The number of likely N-dealkylation sites (tertiary alicyclic amines) is 1. The normalized spacial score (nSPS) is 25.8. The second-order valence-corrected chi connectivity index (χ2v) is 17.3. The van der Waals surface area contributed by atoms with Crippen LogP contribution in [0.15, 0.2) is 43.1 Å². The minimum Gasteiger partial charge on any atom is -0.488 e. The van der Waals surface area contributed by atoms with Gasteiger partial charge < -0.3 is 25.0 Å². The lowest BCUT2D eigenvalue weighted by Crippen LogP contribution is -2.60. The third kappa shape index (κ3) is 7.56. The van der Waals surface area contributed by atoms with Gasteiger partial charge in [-0.1, -0.05) is 38.4 Å². The summed E-state index contributed by atoms with van der Waals surface area (Å²) in [7, 11) is -3.89. The van der Waals surface area contributed by atoms with Gasteiger partial charge in [-0.15, -0.1) is 6.58 Å². The zero-order valence-electron chi connectivity index (χ0n) is 28.4. The molecule has 3 N–H and O–H groups in total. The van der Waals surface area contributed by atoms with Crippen LogP contribution < -0.4 is 20.1 Å². The third-order valence-corrected chi connectivity index (χ3v) is 12.1. The van der Waals surface area contributed by atoms with Crippen LogP contribution >= 0.6 is 11.6 Å². The number of aromatic nitrogens is 1. The first-order chi connectivity index (χ1) is 23.6. The number of nitrogens with one attached hydrogen (secondary N) is 3. The van der Waals surface area contributed by atoms with E-state index in [1.165, 1.54) is 11.0 Å². The van der Waals surface area contributed by atoms with E-state index in [4.69, 9.17) is 21.1 Å². The molecule has 13 nitrogen and oxygen atoms in total. The predicted octanol–water partition coefficient (Wildman–Crippen LogP) is 3.99. The van der Waals surface area contributed by atoms with Crippen LogP contribution in [0.3, 0.4) is 0 Å². The molecular weight excluding hydrogens is 686 g/mol. The van der Waals surface area contributed by atoms with Gasteiger partial charge in [-0.05, 0) is 74.6 Å². The van der Waals surface area contributed by atoms with Gasteiger partial charge in [0, 0.05) is 28.9 Å². The molecule has 2 heterocycles. The molecule has 0 bridgehead atoms. The van der Waals surface area contributed by atoms with E-state index in [9.17, 15) is 27.6 Å². The predicted molar refractivity (Wildman–Crippen MR) is 186 cm³/mol. The second kappa shape index (κ2) is 13.7. The number of alkyl carbamates (subject to hydrolysis) is 1. The third-order valence-electron chi connectivity index (χ3n) is 10.0. The van der Waals surface area contributed by atoms with Crippen molar-refractivity contribution in [1.29, 1.82) is 0 Å². The summed E-state index contributed by atoms with van der Waals surface area (Å²) in [6.07, 6.45) is 6.05. The van der Waals surface area contributed by atoms with Gasteiger partial charge in [-0.3, -0.25) is 24.1 Å². The Kier molecular flexibility index (Phi) is 9.81. The Labute approximate surface area is 296 Å². The van der Waals surface area contributed by atoms with E-state index in [1.807, 2.05) is 0 Å². The molecule has 4 amide bonds. The molecule has 3 saturated carbocycles. The van der Waals surface area contributed by atoms with Crippen molar-refractivity contribution in [3.8, 4) is 5.75 Å². The van der Waals surface area contributed by atoms with Gasteiger partial charge in [0.15, 0.2) is 0 Å². The number of rotatable bonds is 11. The molecule has 1 aromatic heterocycles. The Balaban J connectivity index is 1.27. The van der Waals surface area contributed by atoms with E-state index in [0.29, 0.717) is 34.5 Å². The van der Waals surface area contributed by atoms with Crippen molar-refractivity contribution < 1.29 is 37.1 Å². The molecule has 0 spiro atoms. The monoisotopic (exact) mass is 729 g/mol. The number of carbonyl (C=O) groups excluding carboxylic acids is 4. The lowest BCUT2D eigenvalue weighted by atomic mass is 9.85. The molecule has 5 atom stereocenters. The molecule has 1 unspecified atom stereocenters. The highest BCUT2D eigenvalue weighted by atomic mass is 35.5. The summed E-state index contributed by atoms with van der Waals surface area (Å²) in [6.45, 7) is 9.16. The Bertz CT molecular complexity index is 1810. The van der Waals surface area contributed by atoms with Crippen LogP contribution in [0.25, 0.3) is 10.9 Å². The molecule has 4 aliphatic rings. The van der Waals surface area contributed by atoms with Crippen molar-refractivity contribution in [3.63, 3.8) is 0 Å². The zero-order valence-corrected chi connectivity index (χ0v) is 30.0. The summed E-state index contributed by atoms with van der Waals surface area (Å²) in [5.41, 5.74) is -1.72. The number of sulfonamides is 1. The molecule has 270 valence electrons. The number of halogens is 1. The SMILES string of the molecule is C=C[C@@H]1C[C@]1(NC(=O)[C@@H]1CC(Oc2ccnc3cc(Cl)ccc23)CN1C(=O)[C@@H](NC(=O)OC1CCCC1)C(C)(C)C)C(=O)NS(=O)(=O)C1CC1. The molecule has 3 aliphatic carbocycles. The minimum absolute atomic E-state index is 0.0135. The first kappa shape index (κ1) is 35.9. The van der Waals surface area contributed by atoms with Crippen LogP contribution in [0.2, 0.25) is 5.02 Å². The number of pyridine rings is 1. The molecule has 6 rings (SSSR count). The summed E-state index contributed by atoms with van der Waals surface area (Å²) in [5, 5.41) is 6.11. The standard InChI is InChI=1S/C35H44ClN5O8S/c1-5-20-18-35(20,32(44)40-50(46,47)24-11-12-24)39-30(42)27-17-23(48-28-14-15-37-26-16-21(36)10-13-25(26)28)19-41(27)31(43)29(34(2,3)4)38-33(45)49-22-8-6-7-9-22/h5,10,13-16,20,22-24,27,29H,1,6-9,11-12,17-19H2,2-4H3,(H,38,45)(H,39,42)(H,40,44)/t20-,23?,27+,29-,35-/m1/s1. The minimum atomic E-state index is -3.89. The lowest BCUT2D eigenvalue weighted by molar-refractivity contribution is -0.143. The summed E-state index contributed by atoms with van der Waals surface area (Å²) >= 11 is 6.18. The molecular formula is C35H44ClN5O8S. The highest BCUT2D eigenvalue weighted by molar-refractivity contribution is 7.91. The maximum atomic E-state index is 14.5. The average molecular weight is 730 g/mol. The molecule has 1 saturated heterocycles. The Morgan fingerprint density at radius 2 is 1.82 bits per heavy atom. The average Bonchev–Trinajstić information content (AvgIpc) is 3.93. The number of ether oxygens (including phenoxy) is 2. The van der Waals surface area contributed by atoms with Crippen LogP contribution in [-0.2, 0) is 29.1 Å². The summed E-state index contributed by atoms with van der Waals surface area (Å²) in [5.74, 6) is -2.05. The number of carbonyl (C=O) groups is 4. The largest absolute Gasteiger partial charge is 0.488 e. The summed E-state index contributed by atoms with van der Waals surface area (Å²) < 4.78 is 39.5. The quantitative estimate of drug-likeness (QED) is 0.289. The summed E-state index contributed by atoms with van der Waals surface area (Å²) in [6, 6.07) is 4.68. The topological polar surface area (TPSA) is 173 Å². The number of hydrogen-bond acceptors (Lipinski definition) is 9. The van der Waals surface area contributed by atoms with Gasteiger partial charge in [0.25, 0.3) is 5.91 Å². The number of hydrogen-bond donors (Lipinski definition) is 3. The van der Waals surface area contributed by atoms with Crippen molar-refractivity contribution in [2.45, 2.75) is 107 Å². The first-order valence-electron chi connectivity index (χ1n) is 17.1. The lowest BCUT2D eigenvalue weighted by Gasteiger charge is -2.35. The maximum Gasteiger partial charge on any atom is 0.408 e. The van der Waals surface area contributed by atoms with Crippen molar-refractivity contribution in [1.82, 2.24) is 25.2 Å². The van der Waals surface area contributed by atoms with E-state index < -0.39 is 74.1 Å². The van der Waals surface area contributed by atoms with Crippen LogP contribution in [-0.4, -0.2) is 83.7 Å². The molecule has 15 heteroatoms. The Hall–Kier alpha value is -3.91. The highest BCUT2D eigenvalue weighted by Gasteiger charge is 2.62. The smallest absolute Gasteiger partial charge is 0.408 e. The van der Waals surface area contributed by atoms with Gasteiger partial charge in [-0.25, -0.2) is 13.2 Å². The van der Waals surface area contributed by atoms with E-state index in [1.54, 1.807) is 51.2 Å². The van der Waals surface area contributed by atoms with Crippen molar-refractivity contribution >= 4 is 56.3 Å². The van der Waals surface area contributed by atoms with E-state index >= 15 is 0 Å². The molecule has 1 aliphatic heterocycles. The second-order valence-electron chi connectivity index (χ2n) is 14.9. The van der Waals surface area contributed by atoms with Crippen LogP contribution in [0.1, 0.15) is 72.1 Å². The molecule has 1 aromatic carbocycles. The van der Waals surface area contributed by atoms with Gasteiger partial charge in [0.05, 0.1) is 17.3 Å². The first-order valence-corrected chi connectivity index (χ1v) is 19.0. The van der Waals surface area contributed by atoms with Gasteiger partial charge in [0.2, 0.25) is 21.8 Å². The number of nitrogens with zero attached hydrogens (tertiary/aromatic N) is 2. The van der Waals surface area contributed by atoms with E-state index in [0.717, 1.165) is 25.7 Å². The molecule has 4 fully saturated rings. The zero-order chi connectivity index (χ0) is 36.0. The van der Waals surface area contributed by atoms with Crippen molar-refractivity contribution in [3.05, 3.63) is 48.1 Å². The van der Waals surface area contributed by atoms with Gasteiger partial charge in [0.1, 0.15) is 35.6 Å². The van der Waals surface area contributed by atoms with E-state index in [2.05, 4.69) is 26.9 Å². The van der Waals surface area contributed by atoms with Gasteiger partial charge >= 0.3 is 6.09 Å². The molecule has 0 radical (unpaired) electrons. The van der Waals surface area contributed by atoms with E-state index in [-0.39, 0.29) is 25.5 Å². The fourth-order valence-electron chi connectivity index (χ4n) is 6.90. The Morgan fingerprint density at radius 3 is 2.46 bits per heavy atom. The van der Waals surface area contributed by atoms with Crippen molar-refractivity contribution in [2.75, 3.05) is 6.54 Å². The highest BCUT2D eigenvalue weighted by Crippen LogP contribution is 2.45. The maximum absolute atomic E-state index is 14.5. The fraction of sp³-hybridized carbons (Fsp3) is 0.571.